The Kier molecular flexibility index (Phi) is 5.95. The fourth-order valence-corrected chi connectivity index (χ4v) is 4.96. The lowest BCUT2D eigenvalue weighted by atomic mass is 9.92. The molecule has 4 rings (SSSR count). The second kappa shape index (κ2) is 8.32. The third kappa shape index (κ3) is 4.81. The Morgan fingerprint density at radius 2 is 1.93 bits per heavy atom. The van der Waals surface area contributed by atoms with Crippen LogP contribution in [0, 0.1) is 5.92 Å². The highest BCUT2D eigenvalue weighted by Gasteiger charge is 2.33. The normalized spacial score (nSPS) is 22.6. The average molecular weight is 481 g/mol. The molecule has 0 spiro atoms. The van der Waals surface area contributed by atoms with Gasteiger partial charge in [0.2, 0.25) is 0 Å². The van der Waals surface area contributed by atoms with Crippen LogP contribution in [0.1, 0.15) is 55.8 Å². The van der Waals surface area contributed by atoms with Crippen LogP contribution < -0.4 is 5.32 Å². The molecule has 0 saturated heterocycles. The van der Waals surface area contributed by atoms with Gasteiger partial charge in [0.15, 0.2) is 5.78 Å². The summed E-state index contributed by atoms with van der Waals surface area (Å²) in [5.74, 6) is 0.272. The first-order valence-electron chi connectivity index (χ1n) is 10.2. The van der Waals surface area contributed by atoms with E-state index in [0.29, 0.717) is 18.4 Å². The van der Waals surface area contributed by atoms with Crippen molar-refractivity contribution in [2.24, 2.45) is 5.92 Å². The molecule has 1 aromatic carbocycles. The molecule has 8 heteroatoms. The molecule has 2 aromatic rings. The van der Waals surface area contributed by atoms with Crippen molar-refractivity contribution in [2.75, 3.05) is 11.1 Å². The molecule has 0 bridgehead atoms. The standard InChI is InChI=1S/C21H25BrN2O4S/c1-2-29(26,27)28-16-8-6-15(7-9-16)24-20-17-11-14(22)5-10-19(17)23-12-18(20)21(25)13-3-4-13/h5,10-13,15-16H,2-4,6-9H2,1H3,(H,23,24). The minimum Gasteiger partial charge on any atom is -0.381 e. The number of hydrogen-bond acceptors (Lipinski definition) is 6. The number of aromatic nitrogens is 1. The summed E-state index contributed by atoms with van der Waals surface area (Å²) < 4.78 is 29.7. The quantitative estimate of drug-likeness (QED) is 0.457. The number of halogens is 1. The van der Waals surface area contributed by atoms with Crippen LogP contribution >= 0.6 is 15.9 Å². The van der Waals surface area contributed by atoms with E-state index in [2.05, 4.69) is 26.2 Å². The van der Waals surface area contributed by atoms with Crippen molar-refractivity contribution in [2.45, 2.75) is 57.6 Å². The molecular weight excluding hydrogens is 456 g/mol. The minimum atomic E-state index is -3.43. The number of nitrogens with one attached hydrogen (secondary N) is 1. The molecule has 0 aliphatic heterocycles. The first-order valence-corrected chi connectivity index (χ1v) is 12.5. The van der Waals surface area contributed by atoms with E-state index in [1.807, 2.05) is 18.2 Å². The van der Waals surface area contributed by atoms with Gasteiger partial charge in [0.25, 0.3) is 10.1 Å². The summed E-state index contributed by atoms with van der Waals surface area (Å²) in [6, 6.07) is 6.04. The predicted octanol–water partition coefficient (Wildman–Crippen LogP) is 4.68. The summed E-state index contributed by atoms with van der Waals surface area (Å²) in [7, 11) is -3.43. The van der Waals surface area contributed by atoms with E-state index >= 15 is 0 Å². The molecule has 2 saturated carbocycles. The maximum absolute atomic E-state index is 12.9. The highest BCUT2D eigenvalue weighted by Crippen LogP contribution is 2.38. The van der Waals surface area contributed by atoms with E-state index in [1.165, 1.54) is 0 Å². The Labute approximate surface area is 179 Å². The van der Waals surface area contributed by atoms with Gasteiger partial charge in [-0.15, -0.1) is 0 Å². The van der Waals surface area contributed by atoms with Crippen LogP contribution in [0.15, 0.2) is 28.9 Å². The van der Waals surface area contributed by atoms with Gasteiger partial charge in [-0.3, -0.25) is 14.0 Å². The lowest BCUT2D eigenvalue weighted by molar-refractivity contribution is 0.0968. The number of anilines is 1. The monoisotopic (exact) mass is 480 g/mol. The van der Waals surface area contributed by atoms with Crippen LogP contribution in [-0.4, -0.2) is 37.1 Å². The molecule has 0 radical (unpaired) electrons. The van der Waals surface area contributed by atoms with Gasteiger partial charge in [-0.05, 0) is 63.6 Å². The molecule has 0 amide bonds. The fourth-order valence-electron chi connectivity index (χ4n) is 3.86. The van der Waals surface area contributed by atoms with E-state index in [4.69, 9.17) is 4.18 Å². The minimum absolute atomic E-state index is 0.00427. The number of carbonyl (C=O) groups excluding carboxylic acids is 1. The molecule has 2 aliphatic rings. The molecule has 6 nitrogen and oxygen atoms in total. The van der Waals surface area contributed by atoms with Crippen LogP contribution in [0.5, 0.6) is 0 Å². The Morgan fingerprint density at radius 1 is 1.21 bits per heavy atom. The number of nitrogens with zero attached hydrogens (tertiary/aromatic N) is 1. The number of benzene rings is 1. The lowest BCUT2D eigenvalue weighted by Crippen LogP contribution is -2.32. The van der Waals surface area contributed by atoms with E-state index < -0.39 is 10.1 Å². The van der Waals surface area contributed by atoms with Crippen LogP contribution in [0.3, 0.4) is 0 Å². The number of ketones is 1. The van der Waals surface area contributed by atoms with E-state index in [1.54, 1.807) is 13.1 Å². The van der Waals surface area contributed by atoms with Crippen LogP contribution in [0.25, 0.3) is 10.9 Å². The zero-order chi connectivity index (χ0) is 20.6. The van der Waals surface area contributed by atoms with Gasteiger partial charge in [-0.1, -0.05) is 15.9 Å². The van der Waals surface area contributed by atoms with Gasteiger partial charge in [0.1, 0.15) is 0 Å². The zero-order valence-corrected chi connectivity index (χ0v) is 18.8. The van der Waals surface area contributed by atoms with Crippen LogP contribution in [-0.2, 0) is 14.3 Å². The highest BCUT2D eigenvalue weighted by molar-refractivity contribution is 9.10. The van der Waals surface area contributed by atoms with Gasteiger partial charge in [0.05, 0.1) is 28.6 Å². The van der Waals surface area contributed by atoms with Gasteiger partial charge in [-0.25, -0.2) is 0 Å². The van der Waals surface area contributed by atoms with Crippen LogP contribution in [0.4, 0.5) is 5.69 Å². The molecule has 1 aromatic heterocycles. The van der Waals surface area contributed by atoms with Gasteiger partial charge in [-0.2, -0.15) is 8.42 Å². The van der Waals surface area contributed by atoms with Gasteiger partial charge < -0.3 is 5.32 Å². The second-order valence-electron chi connectivity index (χ2n) is 7.91. The summed E-state index contributed by atoms with van der Waals surface area (Å²) in [5, 5.41) is 4.52. The number of pyridine rings is 1. The maximum atomic E-state index is 12.9. The molecule has 1 N–H and O–H groups in total. The number of hydrogen-bond donors (Lipinski definition) is 1. The molecule has 2 aliphatic carbocycles. The third-order valence-electron chi connectivity index (χ3n) is 5.70. The van der Waals surface area contributed by atoms with E-state index in [9.17, 15) is 13.2 Å². The summed E-state index contributed by atoms with van der Waals surface area (Å²) in [6.07, 6.45) is 6.27. The Hall–Kier alpha value is -1.51. The number of fused-ring (bicyclic) bond motifs is 1. The molecule has 0 atom stereocenters. The first kappa shape index (κ1) is 20.8. The highest BCUT2D eigenvalue weighted by atomic mass is 79.9. The lowest BCUT2D eigenvalue weighted by Gasteiger charge is -2.30. The topological polar surface area (TPSA) is 85.4 Å². The van der Waals surface area contributed by atoms with Crippen molar-refractivity contribution >= 4 is 48.4 Å². The second-order valence-corrected chi connectivity index (χ2v) is 10.7. The van der Waals surface area contributed by atoms with Gasteiger partial charge >= 0.3 is 0 Å². The molecular formula is C21H25BrN2O4S. The summed E-state index contributed by atoms with van der Waals surface area (Å²) in [5.41, 5.74) is 2.35. The van der Waals surface area contributed by atoms with Crippen molar-refractivity contribution in [1.29, 1.82) is 0 Å². The third-order valence-corrected chi connectivity index (χ3v) is 7.47. The average Bonchev–Trinajstić information content (AvgIpc) is 3.54. The Bertz CT molecular complexity index is 1030. The van der Waals surface area contributed by atoms with Gasteiger partial charge in [0, 0.05) is 28.0 Å². The smallest absolute Gasteiger partial charge is 0.267 e. The molecule has 29 heavy (non-hydrogen) atoms. The maximum Gasteiger partial charge on any atom is 0.267 e. The van der Waals surface area contributed by atoms with E-state index in [0.717, 1.165) is 46.7 Å². The first-order chi connectivity index (χ1) is 13.9. The van der Waals surface area contributed by atoms with Crippen molar-refractivity contribution < 1.29 is 17.4 Å². The molecule has 2 fully saturated rings. The fraction of sp³-hybridized carbons (Fsp3) is 0.524. The molecule has 1 heterocycles. The Morgan fingerprint density at radius 3 is 2.59 bits per heavy atom. The van der Waals surface area contributed by atoms with Crippen molar-refractivity contribution in [3.63, 3.8) is 0 Å². The predicted molar refractivity (Wildman–Crippen MR) is 117 cm³/mol. The molecule has 0 unspecified atom stereocenters. The molecule has 156 valence electrons. The summed E-state index contributed by atoms with van der Waals surface area (Å²) in [6.45, 7) is 1.59. The van der Waals surface area contributed by atoms with Crippen molar-refractivity contribution in [1.82, 2.24) is 4.98 Å². The van der Waals surface area contributed by atoms with Crippen molar-refractivity contribution in [3.05, 3.63) is 34.4 Å². The largest absolute Gasteiger partial charge is 0.381 e. The Balaban J connectivity index is 1.56. The SMILES string of the molecule is CCS(=O)(=O)OC1CCC(Nc2c(C(=O)C3CC3)cnc3ccc(Br)cc23)CC1. The summed E-state index contributed by atoms with van der Waals surface area (Å²) in [4.78, 5) is 17.4. The van der Waals surface area contributed by atoms with Crippen LogP contribution in [0.2, 0.25) is 0 Å². The summed E-state index contributed by atoms with van der Waals surface area (Å²) >= 11 is 3.52. The number of carbonyl (C=O) groups is 1. The zero-order valence-electron chi connectivity index (χ0n) is 16.4. The van der Waals surface area contributed by atoms with E-state index in [-0.39, 0.29) is 29.6 Å². The van der Waals surface area contributed by atoms with Crippen molar-refractivity contribution in [3.8, 4) is 0 Å². The number of rotatable bonds is 7. The number of Topliss-reactive ketones (excluding diaryl/α,β-unsaturated/α-hetero) is 1.